The van der Waals surface area contributed by atoms with Gasteiger partial charge in [0.2, 0.25) is 0 Å². The zero-order chi connectivity index (χ0) is 18.3. The number of carbonyl (C=O) groups is 2. The highest BCUT2D eigenvalue weighted by molar-refractivity contribution is 5.92. The Balaban J connectivity index is 2.66. The van der Waals surface area contributed by atoms with Gasteiger partial charge in [0.25, 0.3) is 5.69 Å². The first-order valence-corrected chi connectivity index (χ1v) is 7.25. The summed E-state index contributed by atoms with van der Waals surface area (Å²) in [7, 11) is 0. The summed E-state index contributed by atoms with van der Waals surface area (Å²) < 4.78 is 5.07. The summed E-state index contributed by atoms with van der Waals surface area (Å²) in [6, 6.07) is 3.53. The lowest BCUT2D eigenvalue weighted by Crippen LogP contribution is -2.32. The summed E-state index contributed by atoms with van der Waals surface area (Å²) in [5.41, 5.74) is -0.573. The van der Waals surface area contributed by atoms with Crippen molar-refractivity contribution in [1.82, 2.24) is 5.32 Å². The van der Waals surface area contributed by atoms with Crippen LogP contribution in [0.5, 0.6) is 0 Å². The topological polar surface area (TPSA) is 119 Å². The maximum atomic E-state index is 11.4. The molecule has 0 heterocycles. The summed E-state index contributed by atoms with van der Waals surface area (Å²) in [4.78, 5) is 32.8. The van der Waals surface area contributed by atoms with Crippen LogP contribution in [0.2, 0.25) is 0 Å². The van der Waals surface area contributed by atoms with Crippen LogP contribution in [0.15, 0.2) is 24.3 Å². The lowest BCUT2D eigenvalue weighted by molar-refractivity contribution is -0.384. The van der Waals surface area contributed by atoms with Crippen molar-refractivity contribution in [1.29, 1.82) is 0 Å². The van der Waals surface area contributed by atoms with E-state index >= 15 is 0 Å². The van der Waals surface area contributed by atoms with Crippen LogP contribution in [0.25, 0.3) is 6.08 Å². The van der Waals surface area contributed by atoms with Gasteiger partial charge >= 0.3 is 12.1 Å². The maximum Gasteiger partial charge on any atom is 0.407 e. The summed E-state index contributed by atoms with van der Waals surface area (Å²) in [6.45, 7) is 5.55. The van der Waals surface area contributed by atoms with Gasteiger partial charge in [-0.15, -0.1) is 0 Å². The largest absolute Gasteiger partial charge is 0.478 e. The lowest BCUT2D eigenvalue weighted by Gasteiger charge is -2.19. The average Bonchev–Trinajstić information content (AvgIpc) is 2.44. The number of nitrogens with one attached hydrogen (secondary N) is 1. The van der Waals surface area contributed by atoms with Crippen molar-refractivity contribution in [3.05, 3.63) is 45.5 Å². The van der Waals surface area contributed by atoms with E-state index in [2.05, 4.69) is 5.32 Å². The number of nitro groups is 1. The van der Waals surface area contributed by atoms with Gasteiger partial charge in [0.15, 0.2) is 0 Å². The van der Waals surface area contributed by atoms with E-state index in [1.165, 1.54) is 18.2 Å². The first-order chi connectivity index (χ1) is 11.1. The summed E-state index contributed by atoms with van der Waals surface area (Å²) >= 11 is 0. The van der Waals surface area contributed by atoms with Crippen molar-refractivity contribution in [2.75, 3.05) is 6.54 Å². The summed E-state index contributed by atoms with van der Waals surface area (Å²) in [6.07, 6.45) is 2.98. The molecule has 24 heavy (non-hydrogen) atoms. The van der Waals surface area contributed by atoms with Crippen molar-refractivity contribution < 1.29 is 24.4 Å². The minimum Gasteiger partial charge on any atom is -0.478 e. The molecule has 0 atom stereocenters. The molecule has 1 amide bonds. The third-order valence-electron chi connectivity index (χ3n) is 2.75. The number of carboxylic acid groups (broad SMARTS) is 1. The lowest BCUT2D eigenvalue weighted by atomic mass is 10.1. The van der Waals surface area contributed by atoms with Crippen LogP contribution >= 0.6 is 0 Å². The number of nitrogens with zero attached hydrogens (tertiary/aromatic N) is 1. The highest BCUT2D eigenvalue weighted by atomic mass is 16.6. The standard InChI is InChI=1S/C16H20N2O6/c1-16(2,3)24-15(21)17-9-5-4-6-11-10-12(18(22)23)7-8-13(11)14(19)20/h4,6-8,10H,5,9H2,1-3H3,(H,17,21)(H,19,20). The van der Waals surface area contributed by atoms with Crippen LogP contribution < -0.4 is 5.32 Å². The Morgan fingerprint density at radius 1 is 1.38 bits per heavy atom. The Hall–Kier alpha value is -2.90. The summed E-state index contributed by atoms with van der Waals surface area (Å²) in [5.74, 6) is -1.17. The Bertz CT molecular complexity index is 661. The molecule has 2 N–H and O–H groups in total. The number of carboxylic acids is 1. The number of benzene rings is 1. The second-order valence-corrected chi connectivity index (χ2v) is 5.95. The maximum absolute atomic E-state index is 11.4. The van der Waals surface area contributed by atoms with Crippen LogP contribution in [0.4, 0.5) is 10.5 Å². The van der Waals surface area contributed by atoms with E-state index in [9.17, 15) is 19.7 Å². The highest BCUT2D eigenvalue weighted by Crippen LogP contribution is 2.19. The second-order valence-electron chi connectivity index (χ2n) is 5.95. The van der Waals surface area contributed by atoms with Crippen LogP contribution in [-0.2, 0) is 4.74 Å². The summed E-state index contributed by atoms with van der Waals surface area (Å²) in [5, 5.41) is 22.4. The Kier molecular flexibility index (Phi) is 6.46. The van der Waals surface area contributed by atoms with Gasteiger partial charge in [-0.1, -0.05) is 12.2 Å². The second kappa shape index (κ2) is 8.09. The molecule has 0 saturated carbocycles. The van der Waals surface area contributed by atoms with Gasteiger partial charge in [0.1, 0.15) is 5.60 Å². The number of ether oxygens (including phenoxy) is 1. The molecule has 130 valence electrons. The quantitative estimate of drug-likeness (QED) is 0.467. The minimum atomic E-state index is -1.17. The first-order valence-electron chi connectivity index (χ1n) is 7.25. The third kappa shape index (κ3) is 6.47. The molecular formula is C16H20N2O6. The van der Waals surface area contributed by atoms with E-state index < -0.39 is 22.6 Å². The molecule has 0 aliphatic rings. The smallest absolute Gasteiger partial charge is 0.407 e. The predicted octanol–water partition coefficient (Wildman–Crippen LogP) is 3.22. The molecule has 8 nitrogen and oxygen atoms in total. The number of carbonyl (C=O) groups excluding carboxylic acids is 1. The Labute approximate surface area is 139 Å². The number of nitro benzene ring substituents is 1. The van der Waals surface area contributed by atoms with Crippen molar-refractivity contribution in [2.24, 2.45) is 0 Å². The minimum absolute atomic E-state index is 0.0306. The monoisotopic (exact) mass is 336 g/mol. The number of amides is 1. The molecule has 1 aromatic rings. The zero-order valence-electron chi connectivity index (χ0n) is 13.7. The number of hydrogen-bond donors (Lipinski definition) is 2. The van der Waals surface area contributed by atoms with Crippen molar-refractivity contribution in [3.8, 4) is 0 Å². The van der Waals surface area contributed by atoms with Crippen molar-refractivity contribution >= 4 is 23.8 Å². The van der Waals surface area contributed by atoms with Crippen LogP contribution in [0.1, 0.15) is 43.1 Å². The first kappa shape index (κ1) is 19.1. The number of rotatable bonds is 6. The molecule has 0 aliphatic heterocycles. The number of alkyl carbamates (subject to hydrolysis) is 1. The van der Waals surface area contributed by atoms with Gasteiger partial charge < -0.3 is 15.2 Å². The molecule has 0 bridgehead atoms. The van der Waals surface area contributed by atoms with Gasteiger partial charge in [-0.3, -0.25) is 10.1 Å². The molecular weight excluding hydrogens is 316 g/mol. The molecule has 1 rings (SSSR count). The van der Waals surface area contributed by atoms with E-state index in [1.807, 2.05) is 0 Å². The fourth-order valence-electron chi connectivity index (χ4n) is 1.78. The van der Waals surface area contributed by atoms with Crippen LogP contribution in [0.3, 0.4) is 0 Å². The number of aromatic carboxylic acids is 1. The van der Waals surface area contributed by atoms with E-state index in [0.717, 1.165) is 6.07 Å². The van der Waals surface area contributed by atoms with E-state index in [1.54, 1.807) is 26.8 Å². The third-order valence-corrected chi connectivity index (χ3v) is 2.75. The van der Waals surface area contributed by atoms with Gasteiger partial charge in [0.05, 0.1) is 10.5 Å². The fraction of sp³-hybridized carbons (Fsp3) is 0.375. The molecule has 0 aromatic heterocycles. The van der Waals surface area contributed by atoms with Gasteiger partial charge in [-0.2, -0.15) is 0 Å². The van der Waals surface area contributed by atoms with E-state index in [0.29, 0.717) is 13.0 Å². The molecule has 0 fully saturated rings. The molecule has 0 radical (unpaired) electrons. The average molecular weight is 336 g/mol. The van der Waals surface area contributed by atoms with Crippen LogP contribution in [0, 0.1) is 10.1 Å². The molecule has 0 aliphatic carbocycles. The Morgan fingerprint density at radius 3 is 2.58 bits per heavy atom. The molecule has 8 heteroatoms. The molecule has 0 saturated heterocycles. The van der Waals surface area contributed by atoms with Crippen molar-refractivity contribution in [2.45, 2.75) is 32.8 Å². The van der Waals surface area contributed by atoms with Gasteiger partial charge in [-0.25, -0.2) is 9.59 Å². The van der Waals surface area contributed by atoms with E-state index in [-0.39, 0.29) is 16.8 Å². The zero-order valence-corrected chi connectivity index (χ0v) is 13.7. The Morgan fingerprint density at radius 2 is 2.04 bits per heavy atom. The highest BCUT2D eigenvalue weighted by Gasteiger charge is 2.15. The molecule has 1 aromatic carbocycles. The van der Waals surface area contributed by atoms with Gasteiger partial charge in [0, 0.05) is 18.7 Å². The van der Waals surface area contributed by atoms with Crippen LogP contribution in [-0.4, -0.2) is 34.2 Å². The van der Waals surface area contributed by atoms with E-state index in [4.69, 9.17) is 9.84 Å². The van der Waals surface area contributed by atoms with Crippen molar-refractivity contribution in [3.63, 3.8) is 0 Å². The SMILES string of the molecule is CC(C)(C)OC(=O)NCCC=Cc1cc([N+](=O)[O-])ccc1C(=O)O. The number of non-ortho nitro benzene ring substituents is 1. The molecule has 0 unspecified atom stereocenters. The molecule has 0 spiro atoms. The normalized spacial score (nSPS) is 11.3. The fourth-order valence-corrected chi connectivity index (χ4v) is 1.78. The van der Waals surface area contributed by atoms with Gasteiger partial charge in [-0.05, 0) is 38.8 Å². The number of hydrogen-bond acceptors (Lipinski definition) is 5. The predicted molar refractivity (Wildman–Crippen MR) is 87.9 cm³/mol.